The minimum absolute atomic E-state index is 0.0134. The molecule has 0 aliphatic carbocycles. The third kappa shape index (κ3) is 4.55. The number of likely N-dealkylation sites (tertiary alicyclic amines) is 1. The van der Waals surface area contributed by atoms with Crippen molar-refractivity contribution in [2.24, 2.45) is 5.92 Å². The molecule has 1 aliphatic heterocycles. The number of carbonyl (C=O) groups is 1. The Morgan fingerprint density at radius 3 is 2.68 bits per heavy atom. The number of benzene rings is 1. The summed E-state index contributed by atoms with van der Waals surface area (Å²) < 4.78 is 20.4. The predicted molar refractivity (Wildman–Crippen MR) is 90.6 cm³/mol. The van der Waals surface area contributed by atoms with E-state index in [0.29, 0.717) is 11.7 Å². The van der Waals surface area contributed by atoms with Gasteiger partial charge in [-0.3, -0.25) is 4.79 Å². The van der Waals surface area contributed by atoms with Crippen molar-refractivity contribution in [3.63, 3.8) is 0 Å². The predicted octanol–water partition coefficient (Wildman–Crippen LogP) is 2.30. The van der Waals surface area contributed by atoms with E-state index in [0.717, 1.165) is 44.7 Å². The highest BCUT2D eigenvalue weighted by Crippen LogP contribution is 2.21. The van der Waals surface area contributed by atoms with Gasteiger partial charge in [0, 0.05) is 26.1 Å². The number of hydrogen-bond donors (Lipinski definition) is 0. The van der Waals surface area contributed by atoms with Gasteiger partial charge in [0.15, 0.2) is 6.61 Å². The number of amides is 1. The van der Waals surface area contributed by atoms with Crippen molar-refractivity contribution in [1.82, 2.24) is 19.7 Å². The summed E-state index contributed by atoms with van der Waals surface area (Å²) in [5, 5.41) is 8.16. The second-order valence-corrected chi connectivity index (χ2v) is 6.30. The van der Waals surface area contributed by atoms with E-state index in [1.54, 1.807) is 6.33 Å². The van der Waals surface area contributed by atoms with Crippen molar-refractivity contribution in [3.05, 3.63) is 42.2 Å². The van der Waals surface area contributed by atoms with Crippen molar-refractivity contribution in [1.29, 1.82) is 0 Å². The molecule has 0 saturated carbocycles. The Kier molecular flexibility index (Phi) is 5.63. The molecule has 1 amide bonds. The summed E-state index contributed by atoms with van der Waals surface area (Å²) in [7, 11) is 0. The number of aromatic nitrogens is 3. The average molecular weight is 346 g/mol. The maximum Gasteiger partial charge on any atom is 0.260 e. The van der Waals surface area contributed by atoms with Crippen molar-refractivity contribution in [2.75, 3.05) is 19.7 Å². The van der Waals surface area contributed by atoms with Crippen LogP contribution < -0.4 is 4.74 Å². The number of carbonyl (C=O) groups excluding carboxylic acids is 1. The van der Waals surface area contributed by atoms with Crippen LogP contribution in [0.25, 0.3) is 0 Å². The Bertz CT molecular complexity index is 693. The van der Waals surface area contributed by atoms with Gasteiger partial charge in [-0.15, -0.1) is 10.2 Å². The van der Waals surface area contributed by atoms with Crippen molar-refractivity contribution >= 4 is 5.91 Å². The minimum atomic E-state index is -0.320. The van der Waals surface area contributed by atoms with Gasteiger partial charge in [0.1, 0.15) is 23.7 Å². The monoisotopic (exact) mass is 346 g/mol. The first-order chi connectivity index (χ1) is 12.2. The fourth-order valence-electron chi connectivity index (χ4n) is 3.11. The van der Waals surface area contributed by atoms with E-state index in [1.807, 2.05) is 4.90 Å². The summed E-state index contributed by atoms with van der Waals surface area (Å²) in [6, 6.07) is 5.69. The number of rotatable bonds is 6. The van der Waals surface area contributed by atoms with Crippen LogP contribution in [0.4, 0.5) is 4.39 Å². The topological polar surface area (TPSA) is 60.2 Å². The molecule has 6 nitrogen and oxygen atoms in total. The molecule has 0 atom stereocenters. The number of piperidine rings is 1. The van der Waals surface area contributed by atoms with E-state index in [2.05, 4.69) is 21.7 Å². The van der Waals surface area contributed by atoms with E-state index in [9.17, 15) is 9.18 Å². The summed E-state index contributed by atoms with van der Waals surface area (Å²) in [4.78, 5) is 14.1. The normalized spacial score (nSPS) is 15.4. The molecule has 1 aromatic heterocycles. The second-order valence-electron chi connectivity index (χ2n) is 6.30. The zero-order chi connectivity index (χ0) is 17.6. The summed E-state index contributed by atoms with van der Waals surface area (Å²) in [6.45, 7) is 4.41. The molecule has 1 aliphatic rings. The Hall–Kier alpha value is -2.44. The highest BCUT2D eigenvalue weighted by molar-refractivity contribution is 5.77. The molecule has 0 bridgehead atoms. The standard InChI is InChI=1S/C18H23FN4O2/c1-2-22-13-20-21-17(22)11-14-7-9-23(10-8-14)18(24)12-25-16-5-3-15(19)4-6-16/h3-6,13-14H,2,7-12H2,1H3. The van der Waals surface area contributed by atoms with Gasteiger partial charge in [0.05, 0.1) is 0 Å². The first-order valence-electron chi connectivity index (χ1n) is 8.68. The maximum atomic E-state index is 12.9. The number of nitrogens with zero attached hydrogens (tertiary/aromatic N) is 4. The summed E-state index contributed by atoms with van der Waals surface area (Å²) >= 11 is 0. The second kappa shape index (κ2) is 8.09. The SMILES string of the molecule is CCn1cnnc1CC1CCN(C(=O)COc2ccc(F)cc2)CC1. The quantitative estimate of drug-likeness (QED) is 0.805. The molecule has 0 spiro atoms. The molecule has 1 saturated heterocycles. The van der Waals surface area contributed by atoms with Crippen LogP contribution in [-0.2, 0) is 17.8 Å². The number of aryl methyl sites for hydroxylation is 1. The van der Waals surface area contributed by atoms with Crippen LogP contribution >= 0.6 is 0 Å². The largest absolute Gasteiger partial charge is 0.484 e. The van der Waals surface area contributed by atoms with Crippen LogP contribution in [0.1, 0.15) is 25.6 Å². The number of ether oxygens (including phenoxy) is 1. The molecule has 0 N–H and O–H groups in total. The third-order valence-electron chi connectivity index (χ3n) is 4.65. The molecule has 25 heavy (non-hydrogen) atoms. The average Bonchev–Trinajstić information content (AvgIpc) is 3.09. The highest BCUT2D eigenvalue weighted by Gasteiger charge is 2.24. The molecule has 134 valence electrons. The lowest BCUT2D eigenvalue weighted by atomic mass is 9.93. The zero-order valence-electron chi connectivity index (χ0n) is 14.4. The molecular weight excluding hydrogens is 323 g/mol. The van der Waals surface area contributed by atoms with Gasteiger partial charge in [-0.05, 0) is 49.9 Å². The first-order valence-corrected chi connectivity index (χ1v) is 8.68. The van der Waals surface area contributed by atoms with E-state index >= 15 is 0 Å². The van der Waals surface area contributed by atoms with Gasteiger partial charge in [0.25, 0.3) is 5.91 Å². The lowest BCUT2D eigenvalue weighted by molar-refractivity contribution is -0.134. The molecular formula is C18H23FN4O2. The van der Waals surface area contributed by atoms with Crippen molar-refractivity contribution in [2.45, 2.75) is 32.7 Å². The van der Waals surface area contributed by atoms with Crippen molar-refractivity contribution < 1.29 is 13.9 Å². The van der Waals surface area contributed by atoms with Crippen LogP contribution in [0.2, 0.25) is 0 Å². The molecule has 3 rings (SSSR count). The molecule has 7 heteroatoms. The van der Waals surface area contributed by atoms with Crippen LogP contribution in [0.5, 0.6) is 5.75 Å². The molecule has 0 unspecified atom stereocenters. The van der Waals surface area contributed by atoms with Gasteiger partial charge >= 0.3 is 0 Å². The van der Waals surface area contributed by atoms with Crippen LogP contribution in [0.15, 0.2) is 30.6 Å². The van der Waals surface area contributed by atoms with E-state index in [1.165, 1.54) is 24.3 Å². The van der Waals surface area contributed by atoms with Crippen molar-refractivity contribution in [3.8, 4) is 5.75 Å². The Labute approximate surface area is 146 Å². The smallest absolute Gasteiger partial charge is 0.260 e. The first kappa shape index (κ1) is 17.4. The van der Waals surface area contributed by atoms with Gasteiger partial charge in [-0.2, -0.15) is 0 Å². The van der Waals surface area contributed by atoms with Crippen LogP contribution in [0.3, 0.4) is 0 Å². The highest BCUT2D eigenvalue weighted by atomic mass is 19.1. The fraction of sp³-hybridized carbons (Fsp3) is 0.500. The van der Waals surface area contributed by atoms with Gasteiger partial charge < -0.3 is 14.2 Å². The zero-order valence-corrected chi connectivity index (χ0v) is 14.4. The Balaban J connectivity index is 1.43. The number of hydrogen-bond acceptors (Lipinski definition) is 4. The third-order valence-corrected chi connectivity index (χ3v) is 4.65. The molecule has 2 heterocycles. The van der Waals surface area contributed by atoms with Crippen LogP contribution in [-0.4, -0.2) is 45.3 Å². The summed E-state index contributed by atoms with van der Waals surface area (Å²) in [5.41, 5.74) is 0. The van der Waals surface area contributed by atoms with E-state index < -0.39 is 0 Å². The lowest BCUT2D eigenvalue weighted by Crippen LogP contribution is -2.41. The summed E-state index contributed by atoms with van der Waals surface area (Å²) in [6.07, 6.45) is 4.58. The van der Waals surface area contributed by atoms with E-state index in [-0.39, 0.29) is 18.3 Å². The van der Waals surface area contributed by atoms with Crippen LogP contribution in [0, 0.1) is 11.7 Å². The molecule has 0 radical (unpaired) electrons. The van der Waals surface area contributed by atoms with Gasteiger partial charge in [-0.1, -0.05) is 0 Å². The molecule has 2 aromatic rings. The molecule has 1 aromatic carbocycles. The Morgan fingerprint density at radius 1 is 1.28 bits per heavy atom. The summed E-state index contributed by atoms with van der Waals surface area (Å²) in [5.74, 6) is 1.70. The Morgan fingerprint density at radius 2 is 2.00 bits per heavy atom. The fourth-order valence-corrected chi connectivity index (χ4v) is 3.11. The maximum absolute atomic E-state index is 12.9. The number of halogens is 1. The van der Waals surface area contributed by atoms with Gasteiger partial charge in [-0.25, -0.2) is 4.39 Å². The molecule has 1 fully saturated rings. The van der Waals surface area contributed by atoms with E-state index in [4.69, 9.17) is 4.74 Å². The lowest BCUT2D eigenvalue weighted by Gasteiger charge is -2.31. The minimum Gasteiger partial charge on any atom is -0.484 e. The van der Waals surface area contributed by atoms with Gasteiger partial charge in [0.2, 0.25) is 0 Å².